The molecular formula is C11H12Br2N6. The summed E-state index contributed by atoms with van der Waals surface area (Å²) in [5.41, 5.74) is 0. The Kier molecular flexibility index (Phi) is 7.73. The molecule has 2 heterocycles. The fraction of sp³-hybridized carbons (Fsp3) is 0.273. The van der Waals surface area contributed by atoms with Crippen LogP contribution in [0.4, 0.5) is 0 Å². The first-order valence-corrected chi connectivity index (χ1v) is 5.01. The Morgan fingerprint density at radius 2 is 1.32 bits per heavy atom. The zero-order chi connectivity index (χ0) is 12.1. The van der Waals surface area contributed by atoms with Gasteiger partial charge in [0.2, 0.25) is 12.7 Å². The van der Waals surface area contributed by atoms with Crippen molar-refractivity contribution in [2.75, 3.05) is 0 Å². The maximum Gasteiger partial charge on any atom is 0.266 e. The van der Waals surface area contributed by atoms with Gasteiger partial charge in [-0.15, -0.1) is 12.8 Å². The van der Waals surface area contributed by atoms with Gasteiger partial charge in [-0.3, -0.25) is 0 Å². The number of nitrogens with zero attached hydrogens (tertiary/aromatic N) is 6. The molecule has 0 saturated heterocycles. The second kappa shape index (κ2) is 8.46. The van der Waals surface area contributed by atoms with Crippen LogP contribution >= 0.6 is 0 Å². The summed E-state index contributed by atoms with van der Waals surface area (Å²) in [7, 11) is 0. The average molecular weight is 388 g/mol. The van der Waals surface area contributed by atoms with Crippen molar-refractivity contribution in [3.05, 3.63) is 25.3 Å². The molecule has 0 atom stereocenters. The lowest BCUT2D eigenvalue weighted by atomic mass is 10.7. The molecule has 0 N–H and O–H groups in total. The van der Waals surface area contributed by atoms with Crippen LogP contribution < -0.4 is 43.1 Å². The molecule has 0 aliphatic heterocycles. The molecule has 0 radical (unpaired) electrons. The normalized spacial score (nSPS) is 8.74. The third-order valence-electron chi connectivity index (χ3n) is 2.10. The van der Waals surface area contributed by atoms with Crippen molar-refractivity contribution in [2.45, 2.75) is 19.8 Å². The van der Waals surface area contributed by atoms with Crippen LogP contribution in [0.3, 0.4) is 0 Å². The van der Waals surface area contributed by atoms with E-state index in [0.717, 1.165) is 0 Å². The molecule has 0 saturated carbocycles. The second-order valence-electron chi connectivity index (χ2n) is 3.47. The molecule has 8 heteroatoms. The molecule has 0 aliphatic rings. The molecule has 0 amide bonds. The third-order valence-corrected chi connectivity index (χ3v) is 2.10. The highest BCUT2D eigenvalue weighted by atomic mass is 79.9. The highest BCUT2D eigenvalue weighted by Gasteiger charge is 2.11. The zero-order valence-electron chi connectivity index (χ0n) is 10.0. The van der Waals surface area contributed by atoms with E-state index in [-0.39, 0.29) is 34.0 Å². The number of terminal acetylenes is 2. The number of halogens is 2. The fourth-order valence-electron chi connectivity index (χ4n) is 1.40. The van der Waals surface area contributed by atoms with E-state index in [2.05, 4.69) is 22.0 Å². The molecule has 6 nitrogen and oxygen atoms in total. The second-order valence-corrected chi connectivity index (χ2v) is 3.47. The summed E-state index contributed by atoms with van der Waals surface area (Å²) in [6.07, 6.45) is 17.4. The quantitative estimate of drug-likeness (QED) is 0.386. The first kappa shape index (κ1) is 17.4. The monoisotopic (exact) mass is 386 g/mol. The highest BCUT2D eigenvalue weighted by Crippen LogP contribution is 1.83. The predicted molar refractivity (Wildman–Crippen MR) is 57.9 cm³/mol. The fourth-order valence-corrected chi connectivity index (χ4v) is 1.40. The standard InChI is InChI=1S/C11H12N6.2BrH/c1-3-5-14-7-12-16(9-14)11-17-10-15(6-4-2)8-13-17;;/h1-2,7-10H,5-6,11H2;2*1H/q+2;;/p-2. The summed E-state index contributed by atoms with van der Waals surface area (Å²) < 4.78 is 7.12. The smallest absolute Gasteiger partial charge is 0.266 e. The lowest BCUT2D eigenvalue weighted by Crippen LogP contribution is -3.00. The van der Waals surface area contributed by atoms with Crippen LogP contribution in [0.5, 0.6) is 0 Å². The predicted octanol–water partition coefficient (Wildman–Crippen LogP) is -7.57. The molecule has 2 aromatic rings. The Bertz CT molecular complexity index is 537. The Hall–Kier alpha value is -1.64. The molecule has 0 aliphatic carbocycles. The van der Waals surface area contributed by atoms with E-state index < -0.39 is 0 Å². The van der Waals surface area contributed by atoms with Gasteiger partial charge in [-0.05, 0) is 0 Å². The van der Waals surface area contributed by atoms with Crippen molar-refractivity contribution in [3.8, 4) is 24.7 Å². The topological polar surface area (TPSA) is 43.4 Å². The van der Waals surface area contributed by atoms with Gasteiger partial charge < -0.3 is 34.0 Å². The molecule has 2 rings (SSSR count). The first-order valence-electron chi connectivity index (χ1n) is 5.01. The van der Waals surface area contributed by atoms with Gasteiger partial charge in [0.05, 0.1) is 0 Å². The van der Waals surface area contributed by atoms with Crippen LogP contribution in [0.15, 0.2) is 25.3 Å². The third kappa shape index (κ3) is 4.86. The van der Waals surface area contributed by atoms with E-state index in [1.807, 2.05) is 21.8 Å². The van der Waals surface area contributed by atoms with Crippen LogP contribution in [0, 0.1) is 24.7 Å². The summed E-state index contributed by atoms with van der Waals surface area (Å²) >= 11 is 0. The van der Waals surface area contributed by atoms with E-state index in [9.17, 15) is 0 Å². The Labute approximate surface area is 132 Å². The van der Waals surface area contributed by atoms with Crippen LogP contribution in [0.25, 0.3) is 0 Å². The maximum absolute atomic E-state index is 5.21. The summed E-state index contributed by atoms with van der Waals surface area (Å²) in [6.45, 7) is 1.54. The van der Waals surface area contributed by atoms with Crippen LogP contribution in [0.1, 0.15) is 0 Å². The molecule has 0 bridgehead atoms. The summed E-state index contributed by atoms with van der Waals surface area (Å²) in [5, 5.41) is 8.32. The van der Waals surface area contributed by atoms with E-state index in [0.29, 0.717) is 19.8 Å². The lowest BCUT2D eigenvalue weighted by molar-refractivity contribution is -0.686. The molecule has 0 aromatic carbocycles. The molecule has 19 heavy (non-hydrogen) atoms. The highest BCUT2D eigenvalue weighted by molar-refractivity contribution is 4.78. The molecule has 0 fully saturated rings. The molecule has 2 aromatic heterocycles. The van der Waals surface area contributed by atoms with Gasteiger partial charge in [0.25, 0.3) is 19.3 Å². The van der Waals surface area contributed by atoms with Gasteiger partial charge in [-0.25, -0.2) is 9.13 Å². The van der Waals surface area contributed by atoms with E-state index >= 15 is 0 Å². The largest absolute Gasteiger partial charge is 1.00 e. The van der Waals surface area contributed by atoms with Gasteiger partial charge in [0.15, 0.2) is 0 Å². The van der Waals surface area contributed by atoms with Crippen molar-refractivity contribution in [1.82, 2.24) is 19.6 Å². The summed E-state index contributed by atoms with van der Waals surface area (Å²) in [6, 6.07) is 0. The maximum atomic E-state index is 5.21. The van der Waals surface area contributed by atoms with Crippen LogP contribution in [0.2, 0.25) is 0 Å². The Balaban J connectivity index is 0.00000162. The van der Waals surface area contributed by atoms with Crippen molar-refractivity contribution in [1.29, 1.82) is 0 Å². The SMILES string of the molecule is C#CC[n+]1cnn(Cn2c[n+](CC#C)cn2)c1.[Br-].[Br-]. The zero-order valence-corrected chi connectivity index (χ0v) is 13.2. The Morgan fingerprint density at radius 3 is 1.68 bits per heavy atom. The number of hydrogen-bond donors (Lipinski definition) is 0. The first-order chi connectivity index (χ1) is 8.31. The Morgan fingerprint density at radius 1 is 0.895 bits per heavy atom. The van der Waals surface area contributed by atoms with Crippen LogP contribution in [-0.4, -0.2) is 19.6 Å². The average Bonchev–Trinajstić information content (AvgIpc) is 2.91. The minimum absolute atomic E-state index is 0. The van der Waals surface area contributed by atoms with Crippen molar-refractivity contribution in [2.24, 2.45) is 0 Å². The number of rotatable bonds is 4. The van der Waals surface area contributed by atoms with E-state index in [4.69, 9.17) is 12.8 Å². The minimum atomic E-state index is 0. The number of hydrogen-bond acceptors (Lipinski definition) is 2. The van der Waals surface area contributed by atoms with Crippen molar-refractivity contribution < 1.29 is 43.1 Å². The van der Waals surface area contributed by atoms with Gasteiger partial charge in [-0.1, -0.05) is 21.2 Å². The summed E-state index contributed by atoms with van der Waals surface area (Å²) in [4.78, 5) is 0. The molecular weight excluding hydrogens is 376 g/mol. The van der Waals surface area contributed by atoms with Crippen LogP contribution in [-0.2, 0) is 19.8 Å². The molecule has 100 valence electrons. The molecule has 0 unspecified atom stereocenters. The molecule has 0 spiro atoms. The van der Waals surface area contributed by atoms with Gasteiger partial charge >= 0.3 is 0 Å². The lowest BCUT2D eigenvalue weighted by Gasteiger charge is -1.87. The van der Waals surface area contributed by atoms with Gasteiger partial charge in [0.1, 0.15) is 13.1 Å². The minimum Gasteiger partial charge on any atom is -1.00 e. The van der Waals surface area contributed by atoms with E-state index in [1.165, 1.54) is 0 Å². The van der Waals surface area contributed by atoms with Crippen molar-refractivity contribution >= 4 is 0 Å². The van der Waals surface area contributed by atoms with E-state index in [1.54, 1.807) is 22.0 Å². The van der Waals surface area contributed by atoms with Gasteiger partial charge in [-0.2, -0.15) is 0 Å². The summed E-state index contributed by atoms with van der Waals surface area (Å²) in [5.74, 6) is 5.09. The van der Waals surface area contributed by atoms with Crippen molar-refractivity contribution in [3.63, 3.8) is 0 Å². The van der Waals surface area contributed by atoms with Gasteiger partial charge in [0, 0.05) is 10.2 Å². The number of aromatic nitrogens is 6.